The molecular weight excluding hydrogens is 302 g/mol. The first-order valence-corrected chi connectivity index (χ1v) is 7.21. The summed E-state index contributed by atoms with van der Waals surface area (Å²) < 4.78 is 0. The Balaban J connectivity index is 1.95. The second-order valence-corrected chi connectivity index (χ2v) is 6.24. The van der Waals surface area contributed by atoms with E-state index in [9.17, 15) is 4.79 Å². The van der Waals surface area contributed by atoms with Crippen molar-refractivity contribution in [2.75, 3.05) is 5.32 Å². The van der Waals surface area contributed by atoms with Gasteiger partial charge in [0, 0.05) is 15.5 Å². The second-order valence-electron chi connectivity index (χ2n) is 4.85. The summed E-state index contributed by atoms with van der Waals surface area (Å²) in [4.78, 5) is 11.7. The van der Waals surface area contributed by atoms with E-state index in [1.54, 1.807) is 0 Å². The van der Waals surface area contributed by atoms with Crippen molar-refractivity contribution in [1.82, 2.24) is 0 Å². The predicted molar refractivity (Wildman–Crippen MR) is 72.8 cm³/mol. The number of amides is 1. The molecule has 0 radical (unpaired) electrons. The smallest absolute Gasteiger partial charge is 0.228 e. The summed E-state index contributed by atoms with van der Waals surface area (Å²) >= 11 is 10.0. The lowest BCUT2D eigenvalue weighted by molar-refractivity contribution is -0.115. The lowest BCUT2D eigenvalue weighted by Crippen LogP contribution is -2.16. The topological polar surface area (TPSA) is 29.1 Å². The first kappa shape index (κ1) is 11.5. The van der Waals surface area contributed by atoms with Gasteiger partial charge in [-0.25, -0.2) is 0 Å². The molecule has 4 heteroatoms. The molecule has 2 aliphatic rings. The van der Waals surface area contributed by atoms with Crippen molar-refractivity contribution >= 4 is 39.1 Å². The summed E-state index contributed by atoms with van der Waals surface area (Å²) in [6.45, 7) is 0. The Kier molecular flexibility index (Phi) is 2.91. The van der Waals surface area contributed by atoms with Gasteiger partial charge in [0.1, 0.15) is 0 Å². The molecule has 90 valence electrons. The molecular formula is C13H13BrClNO. The number of hydrogen-bond acceptors (Lipinski definition) is 1. The van der Waals surface area contributed by atoms with E-state index in [0.717, 1.165) is 21.8 Å². The van der Waals surface area contributed by atoms with Crippen molar-refractivity contribution < 1.29 is 4.79 Å². The molecule has 3 rings (SSSR count). The Labute approximate surface area is 114 Å². The van der Waals surface area contributed by atoms with Gasteiger partial charge >= 0.3 is 0 Å². The van der Waals surface area contributed by atoms with Crippen LogP contribution in [0, 0.1) is 5.92 Å². The van der Waals surface area contributed by atoms with Crippen molar-refractivity contribution in [3.05, 3.63) is 28.3 Å². The maximum absolute atomic E-state index is 11.3. The van der Waals surface area contributed by atoms with Crippen molar-refractivity contribution in [3.63, 3.8) is 0 Å². The maximum Gasteiger partial charge on any atom is 0.228 e. The minimum atomic E-state index is 0.0583. The van der Waals surface area contributed by atoms with Crippen LogP contribution in [0.5, 0.6) is 0 Å². The molecule has 1 aromatic carbocycles. The lowest BCUT2D eigenvalue weighted by Gasteiger charge is -2.31. The summed E-state index contributed by atoms with van der Waals surface area (Å²) in [5.41, 5.74) is 3.07. The Morgan fingerprint density at radius 1 is 1.41 bits per heavy atom. The highest BCUT2D eigenvalue weighted by molar-refractivity contribution is 9.09. The van der Waals surface area contributed by atoms with Gasteiger partial charge in [-0.2, -0.15) is 0 Å². The van der Waals surface area contributed by atoms with Crippen LogP contribution in [-0.2, 0) is 11.2 Å². The third-order valence-corrected chi connectivity index (χ3v) is 5.28. The van der Waals surface area contributed by atoms with E-state index in [4.69, 9.17) is 11.6 Å². The first-order valence-electron chi connectivity index (χ1n) is 5.91. The largest absolute Gasteiger partial charge is 0.325 e. The molecule has 0 spiro atoms. The number of carbonyl (C=O) groups excluding carboxylic acids is 1. The molecule has 0 aromatic heterocycles. The number of rotatable bonds is 2. The third kappa shape index (κ3) is 2.00. The van der Waals surface area contributed by atoms with Crippen molar-refractivity contribution in [2.45, 2.75) is 30.5 Å². The summed E-state index contributed by atoms with van der Waals surface area (Å²) in [6.07, 6.45) is 4.32. The Bertz CT molecular complexity index is 485. The number of alkyl halides is 1. The molecule has 1 aromatic rings. The highest BCUT2D eigenvalue weighted by atomic mass is 79.9. The van der Waals surface area contributed by atoms with Crippen LogP contribution in [-0.4, -0.2) is 5.91 Å². The van der Waals surface area contributed by atoms with Gasteiger partial charge in [-0.3, -0.25) is 4.79 Å². The Morgan fingerprint density at radius 2 is 2.18 bits per heavy atom. The van der Waals surface area contributed by atoms with E-state index in [2.05, 4.69) is 27.3 Å². The molecule has 1 aliphatic carbocycles. The summed E-state index contributed by atoms with van der Waals surface area (Å²) in [6, 6.07) is 3.96. The van der Waals surface area contributed by atoms with Gasteiger partial charge in [0.25, 0.3) is 0 Å². The van der Waals surface area contributed by atoms with E-state index < -0.39 is 0 Å². The highest BCUT2D eigenvalue weighted by Gasteiger charge is 2.29. The summed E-state index contributed by atoms with van der Waals surface area (Å²) in [5, 5.41) is 3.57. The second kappa shape index (κ2) is 4.29. The number of benzene rings is 1. The first-order chi connectivity index (χ1) is 8.15. The standard InChI is InChI=1S/C13H13BrClNO/c14-13(7-2-1-3-7)9-4-8-5-12(17)16-11(8)6-10(9)15/h4,6-7,13H,1-3,5H2,(H,16,17). The van der Waals surface area contributed by atoms with Crippen molar-refractivity contribution in [1.29, 1.82) is 0 Å². The van der Waals surface area contributed by atoms with E-state index in [1.807, 2.05) is 6.07 Å². The van der Waals surface area contributed by atoms with Crippen molar-refractivity contribution in [3.8, 4) is 0 Å². The van der Waals surface area contributed by atoms with Crippen LogP contribution in [0.1, 0.15) is 35.2 Å². The quantitative estimate of drug-likeness (QED) is 0.819. The summed E-state index contributed by atoms with van der Waals surface area (Å²) in [5.74, 6) is 0.749. The normalized spacial score (nSPS) is 20.7. The van der Waals surface area contributed by atoms with Crippen LogP contribution in [0.2, 0.25) is 5.02 Å². The molecule has 1 fully saturated rings. The summed E-state index contributed by atoms with van der Waals surface area (Å²) in [7, 11) is 0. The zero-order chi connectivity index (χ0) is 12.0. The zero-order valence-corrected chi connectivity index (χ0v) is 11.6. The van der Waals surface area contributed by atoms with E-state index >= 15 is 0 Å². The SMILES string of the molecule is O=C1Cc2cc(C(Br)C3CCC3)c(Cl)cc2N1. The number of fused-ring (bicyclic) bond motifs is 1. The zero-order valence-electron chi connectivity index (χ0n) is 9.30. The fraction of sp³-hybridized carbons (Fsp3) is 0.462. The molecule has 1 unspecified atom stereocenters. The fourth-order valence-corrected chi connectivity index (χ4v) is 3.79. The van der Waals surface area contributed by atoms with Gasteiger partial charge < -0.3 is 5.32 Å². The average molecular weight is 315 g/mol. The van der Waals surface area contributed by atoms with Crippen LogP contribution in [0.4, 0.5) is 5.69 Å². The number of halogens is 2. The maximum atomic E-state index is 11.3. The average Bonchev–Trinajstić information content (AvgIpc) is 2.53. The van der Waals surface area contributed by atoms with E-state index in [0.29, 0.717) is 17.2 Å². The van der Waals surface area contributed by atoms with Crippen LogP contribution >= 0.6 is 27.5 Å². The Morgan fingerprint density at radius 3 is 2.82 bits per heavy atom. The van der Waals surface area contributed by atoms with Gasteiger partial charge in [-0.15, -0.1) is 0 Å². The molecule has 1 atom stereocenters. The highest BCUT2D eigenvalue weighted by Crippen LogP contribution is 2.46. The molecule has 0 saturated heterocycles. The lowest BCUT2D eigenvalue weighted by atomic mass is 9.80. The third-order valence-electron chi connectivity index (χ3n) is 3.71. The van der Waals surface area contributed by atoms with E-state index in [-0.39, 0.29) is 5.91 Å². The van der Waals surface area contributed by atoms with Crippen LogP contribution in [0.25, 0.3) is 0 Å². The molecule has 1 aliphatic heterocycles. The molecule has 1 amide bonds. The van der Waals surface area contributed by atoms with E-state index in [1.165, 1.54) is 19.3 Å². The van der Waals surface area contributed by atoms with Crippen LogP contribution in [0.15, 0.2) is 12.1 Å². The minimum absolute atomic E-state index is 0.0583. The van der Waals surface area contributed by atoms with Crippen LogP contribution in [0.3, 0.4) is 0 Å². The number of hydrogen-bond donors (Lipinski definition) is 1. The predicted octanol–water partition coefficient (Wildman–Crippen LogP) is 4.07. The monoisotopic (exact) mass is 313 g/mol. The molecule has 2 nitrogen and oxygen atoms in total. The fourth-order valence-electron chi connectivity index (χ4n) is 2.46. The van der Waals surface area contributed by atoms with Crippen LogP contribution < -0.4 is 5.32 Å². The molecule has 1 saturated carbocycles. The van der Waals surface area contributed by atoms with Gasteiger partial charge in [0.05, 0.1) is 6.42 Å². The van der Waals surface area contributed by atoms with Gasteiger partial charge in [-0.05, 0) is 36.0 Å². The van der Waals surface area contributed by atoms with Gasteiger partial charge in [0.15, 0.2) is 0 Å². The molecule has 1 N–H and O–H groups in total. The number of carbonyl (C=O) groups is 1. The number of anilines is 1. The van der Waals surface area contributed by atoms with Gasteiger partial charge in [0.2, 0.25) is 5.91 Å². The molecule has 0 bridgehead atoms. The minimum Gasteiger partial charge on any atom is -0.325 e. The molecule has 1 heterocycles. The van der Waals surface area contributed by atoms with Gasteiger partial charge in [-0.1, -0.05) is 40.0 Å². The number of nitrogens with one attached hydrogen (secondary N) is 1. The molecule has 17 heavy (non-hydrogen) atoms. The Hall–Kier alpha value is -0.540. The van der Waals surface area contributed by atoms with Crippen molar-refractivity contribution in [2.24, 2.45) is 5.92 Å².